The summed E-state index contributed by atoms with van der Waals surface area (Å²) >= 11 is 0. The number of aliphatic imine (C=N–C) groups is 1. The molecule has 1 aliphatic heterocycles. The number of fused-ring (bicyclic) bond motifs is 1. The Hall–Kier alpha value is -5.54. The minimum atomic E-state index is -0.533. The number of Topliss-reactive ketones (excluding diaryl/α,β-unsaturated/α-hetero) is 1. The number of carbonyl (C=O) groups is 1. The van der Waals surface area contributed by atoms with Crippen LogP contribution in [0.2, 0.25) is 0 Å². The number of benzene rings is 4. The molecule has 0 saturated carbocycles. The minimum Gasteiger partial charge on any atom is -0.492 e. The van der Waals surface area contributed by atoms with E-state index in [0.29, 0.717) is 41.5 Å². The maximum atomic E-state index is 12.3. The van der Waals surface area contributed by atoms with Gasteiger partial charge in [-0.2, -0.15) is 5.26 Å². The van der Waals surface area contributed by atoms with E-state index in [2.05, 4.69) is 11.1 Å². The van der Waals surface area contributed by atoms with E-state index in [9.17, 15) is 10.1 Å². The Morgan fingerprint density at radius 2 is 1.56 bits per heavy atom. The van der Waals surface area contributed by atoms with Gasteiger partial charge >= 0.3 is 0 Å². The number of ether oxygens (including phenoxy) is 2. The summed E-state index contributed by atoms with van der Waals surface area (Å²) in [6.45, 7) is 0.352. The molecule has 0 spiro atoms. The van der Waals surface area contributed by atoms with Gasteiger partial charge in [-0.25, -0.2) is 9.98 Å². The van der Waals surface area contributed by atoms with Gasteiger partial charge in [0.25, 0.3) is 0 Å². The van der Waals surface area contributed by atoms with Gasteiger partial charge in [0.2, 0.25) is 0 Å². The first-order valence-electron chi connectivity index (χ1n) is 13.3. The highest BCUT2D eigenvalue weighted by Crippen LogP contribution is 2.34. The van der Waals surface area contributed by atoms with Crippen LogP contribution in [0.1, 0.15) is 50.7 Å². The molecule has 1 aliphatic rings. The van der Waals surface area contributed by atoms with Crippen molar-refractivity contribution < 1.29 is 14.3 Å². The number of carbonyl (C=O) groups excluding carboxylic acids is 1. The summed E-state index contributed by atoms with van der Waals surface area (Å²) in [6, 6.07) is 38.6. The zero-order valence-corrected chi connectivity index (χ0v) is 22.1. The second-order valence-corrected chi connectivity index (χ2v) is 9.55. The fourth-order valence-electron chi connectivity index (χ4n) is 4.77. The average molecular weight is 536 g/mol. The molecule has 0 N–H and O–H groups in total. The molecule has 1 aromatic heterocycles. The number of aromatic nitrogens is 1. The summed E-state index contributed by atoms with van der Waals surface area (Å²) < 4.78 is 12.3. The van der Waals surface area contributed by atoms with E-state index in [1.54, 1.807) is 36.5 Å². The predicted molar refractivity (Wildman–Crippen MR) is 157 cm³/mol. The molecule has 198 valence electrons. The van der Waals surface area contributed by atoms with E-state index < -0.39 is 6.10 Å². The highest BCUT2D eigenvalue weighted by Gasteiger charge is 2.22. The first-order chi connectivity index (χ1) is 20.2. The molecule has 0 fully saturated rings. The Bertz CT molecular complexity index is 1720. The van der Waals surface area contributed by atoms with Gasteiger partial charge in [0.1, 0.15) is 17.6 Å². The van der Waals surface area contributed by atoms with E-state index in [1.807, 2.05) is 84.9 Å². The quantitative estimate of drug-likeness (QED) is 0.205. The smallest absolute Gasteiger partial charge is 0.169 e. The fraction of sp³-hybridized carbons (Fsp3) is 0.0857. The number of ketones is 1. The average Bonchev–Trinajstić information content (AvgIpc) is 3.03. The summed E-state index contributed by atoms with van der Waals surface area (Å²) in [5.41, 5.74) is 5.58. The molecule has 0 amide bonds. The molecule has 0 radical (unpaired) electrons. The normalized spacial score (nSPS) is 12.8. The second kappa shape index (κ2) is 11.7. The first kappa shape index (κ1) is 25.7. The number of hydrogen-bond donors (Lipinski definition) is 0. The van der Waals surface area contributed by atoms with Gasteiger partial charge in [0, 0.05) is 35.4 Å². The largest absolute Gasteiger partial charge is 0.492 e. The Balaban J connectivity index is 1.41. The number of nitrogens with zero attached hydrogens (tertiary/aromatic N) is 3. The van der Waals surface area contributed by atoms with Crippen LogP contribution >= 0.6 is 0 Å². The molecule has 0 aliphatic carbocycles. The zero-order chi connectivity index (χ0) is 28.0. The van der Waals surface area contributed by atoms with Crippen molar-refractivity contribution in [1.29, 1.82) is 5.26 Å². The van der Waals surface area contributed by atoms with Crippen LogP contribution in [0.3, 0.4) is 0 Å². The van der Waals surface area contributed by atoms with Crippen LogP contribution in [-0.4, -0.2) is 23.1 Å². The molecule has 6 nitrogen and oxygen atoms in total. The molecule has 6 rings (SSSR count). The summed E-state index contributed by atoms with van der Waals surface area (Å²) in [6.07, 6.45) is 1.56. The topological polar surface area (TPSA) is 84.6 Å². The molecular weight excluding hydrogens is 510 g/mol. The third kappa shape index (κ3) is 5.75. The molecule has 0 bridgehead atoms. The standard InChI is InChI=1S/C35H25N3O3/c36-23-24-11-13-27(14-12-24)35(41-29-15-16-30-31(39)18-20-40-32(30)22-29)28-17-19-37-33(21-28)38-34(25-7-3-1-4-8-25)26-9-5-2-6-10-26/h1-17,19,21-22,35H,18,20H2. The molecule has 0 saturated heterocycles. The summed E-state index contributed by atoms with van der Waals surface area (Å²) in [5.74, 6) is 1.68. The predicted octanol–water partition coefficient (Wildman–Crippen LogP) is 7.26. The molecule has 6 heteroatoms. The maximum Gasteiger partial charge on any atom is 0.169 e. The second-order valence-electron chi connectivity index (χ2n) is 9.55. The Labute approximate surface area is 238 Å². The van der Waals surface area contributed by atoms with Crippen LogP contribution in [0.5, 0.6) is 11.5 Å². The Morgan fingerprint density at radius 1 is 0.854 bits per heavy atom. The van der Waals surface area contributed by atoms with Crippen molar-refractivity contribution in [2.24, 2.45) is 4.99 Å². The van der Waals surface area contributed by atoms with Crippen molar-refractivity contribution >= 4 is 17.3 Å². The summed E-state index contributed by atoms with van der Waals surface area (Å²) in [7, 11) is 0. The number of nitriles is 1. The van der Waals surface area contributed by atoms with Gasteiger partial charge in [0.15, 0.2) is 11.6 Å². The van der Waals surface area contributed by atoms with Crippen LogP contribution in [0, 0.1) is 11.3 Å². The van der Waals surface area contributed by atoms with Gasteiger partial charge in [-0.1, -0.05) is 72.8 Å². The van der Waals surface area contributed by atoms with Crippen LogP contribution in [0.15, 0.2) is 126 Å². The Morgan fingerprint density at radius 3 is 2.24 bits per heavy atom. The van der Waals surface area contributed by atoms with Crippen molar-refractivity contribution in [3.05, 3.63) is 155 Å². The van der Waals surface area contributed by atoms with Crippen molar-refractivity contribution in [3.8, 4) is 17.6 Å². The van der Waals surface area contributed by atoms with Crippen LogP contribution < -0.4 is 9.47 Å². The molecular formula is C35H25N3O3. The highest BCUT2D eigenvalue weighted by atomic mass is 16.5. The van der Waals surface area contributed by atoms with Crippen LogP contribution in [-0.2, 0) is 0 Å². The summed E-state index contributed by atoms with van der Waals surface area (Å²) in [4.78, 5) is 21.8. The van der Waals surface area contributed by atoms with Crippen LogP contribution in [0.25, 0.3) is 0 Å². The monoisotopic (exact) mass is 535 g/mol. The van der Waals surface area contributed by atoms with Gasteiger partial charge < -0.3 is 9.47 Å². The first-order valence-corrected chi connectivity index (χ1v) is 13.3. The fourth-order valence-corrected chi connectivity index (χ4v) is 4.77. The van der Waals surface area contributed by atoms with E-state index in [1.165, 1.54) is 0 Å². The molecule has 1 unspecified atom stereocenters. The third-order valence-corrected chi connectivity index (χ3v) is 6.83. The van der Waals surface area contributed by atoms with E-state index >= 15 is 0 Å². The lowest BCUT2D eigenvalue weighted by Crippen LogP contribution is -2.15. The number of rotatable bonds is 7. The summed E-state index contributed by atoms with van der Waals surface area (Å²) in [5, 5.41) is 9.32. The number of pyridine rings is 1. The van der Waals surface area contributed by atoms with Crippen LogP contribution in [0.4, 0.5) is 5.82 Å². The van der Waals surface area contributed by atoms with Gasteiger partial charge in [-0.05, 0) is 42.0 Å². The lowest BCUT2D eigenvalue weighted by Gasteiger charge is -2.22. The molecule has 1 atom stereocenters. The zero-order valence-electron chi connectivity index (χ0n) is 22.1. The van der Waals surface area contributed by atoms with Crippen molar-refractivity contribution in [3.63, 3.8) is 0 Å². The van der Waals surface area contributed by atoms with E-state index in [-0.39, 0.29) is 5.78 Å². The lowest BCUT2D eigenvalue weighted by atomic mass is 10.00. The SMILES string of the molecule is N#Cc1ccc(C(Oc2ccc3c(c2)OCCC3=O)c2ccnc(N=C(c3ccccc3)c3ccccc3)c2)cc1. The van der Waals surface area contributed by atoms with Gasteiger partial charge in [-0.15, -0.1) is 0 Å². The highest BCUT2D eigenvalue weighted by molar-refractivity contribution is 6.13. The minimum absolute atomic E-state index is 0.0608. The van der Waals surface area contributed by atoms with Crippen molar-refractivity contribution in [2.45, 2.75) is 12.5 Å². The van der Waals surface area contributed by atoms with Gasteiger partial charge in [-0.3, -0.25) is 4.79 Å². The van der Waals surface area contributed by atoms with E-state index in [4.69, 9.17) is 14.5 Å². The third-order valence-electron chi connectivity index (χ3n) is 6.83. The Kier molecular flexibility index (Phi) is 7.33. The van der Waals surface area contributed by atoms with Crippen molar-refractivity contribution in [1.82, 2.24) is 4.98 Å². The maximum absolute atomic E-state index is 12.3. The van der Waals surface area contributed by atoms with Crippen molar-refractivity contribution in [2.75, 3.05) is 6.61 Å². The molecule has 5 aromatic rings. The number of hydrogen-bond acceptors (Lipinski definition) is 6. The lowest BCUT2D eigenvalue weighted by molar-refractivity contribution is 0.0933. The molecule has 2 heterocycles. The molecule has 4 aromatic carbocycles. The molecule has 41 heavy (non-hydrogen) atoms. The van der Waals surface area contributed by atoms with Gasteiger partial charge in [0.05, 0.1) is 29.5 Å². The van der Waals surface area contributed by atoms with E-state index in [0.717, 1.165) is 28.0 Å².